The minimum atomic E-state index is -0.0656. The lowest BCUT2D eigenvalue weighted by atomic mass is 10.1. The number of amides is 1. The number of anilines is 3. The molecule has 1 aromatic heterocycles. The molecule has 0 spiro atoms. The lowest BCUT2D eigenvalue weighted by Gasteiger charge is -2.05. The molecule has 140 valence electrons. The van der Waals surface area contributed by atoms with Crippen molar-refractivity contribution < 1.29 is 9.53 Å². The molecule has 0 atom stereocenters. The summed E-state index contributed by atoms with van der Waals surface area (Å²) in [4.78, 5) is 12.1. The van der Waals surface area contributed by atoms with Crippen molar-refractivity contribution >= 4 is 45.5 Å². The molecule has 1 amide bonds. The average molecular weight is 401 g/mol. The summed E-state index contributed by atoms with van der Waals surface area (Å²) in [6, 6.07) is 15.4. The first-order valence-electron chi connectivity index (χ1n) is 8.42. The van der Waals surface area contributed by atoms with E-state index in [1.807, 2.05) is 48.5 Å². The molecule has 2 aromatic carbocycles. The molecule has 0 aliphatic carbocycles. The molecule has 1 heterocycles. The summed E-state index contributed by atoms with van der Waals surface area (Å²) in [6.45, 7) is 2.10. The largest absolute Gasteiger partial charge is 0.497 e. The number of aromatic nitrogens is 2. The van der Waals surface area contributed by atoms with Crippen LogP contribution in [0.3, 0.4) is 0 Å². The van der Waals surface area contributed by atoms with Crippen LogP contribution in [0.1, 0.15) is 12.5 Å². The molecule has 0 unspecified atom stereocenters. The molecule has 0 aliphatic rings. The first-order valence-corrected chi connectivity index (χ1v) is 10.2. The van der Waals surface area contributed by atoms with Crippen molar-refractivity contribution in [3.8, 4) is 5.75 Å². The van der Waals surface area contributed by atoms with E-state index >= 15 is 0 Å². The van der Waals surface area contributed by atoms with Gasteiger partial charge in [-0.1, -0.05) is 42.2 Å². The maximum Gasteiger partial charge on any atom is 0.234 e. The first kappa shape index (κ1) is 19.2. The zero-order valence-corrected chi connectivity index (χ0v) is 16.7. The van der Waals surface area contributed by atoms with E-state index in [2.05, 4.69) is 27.8 Å². The van der Waals surface area contributed by atoms with Gasteiger partial charge in [-0.25, -0.2) is 0 Å². The van der Waals surface area contributed by atoms with Crippen LogP contribution < -0.4 is 15.4 Å². The Kier molecular flexibility index (Phi) is 6.67. The molecular formula is C19H20N4O2S2. The lowest BCUT2D eigenvalue weighted by Crippen LogP contribution is -2.13. The zero-order chi connectivity index (χ0) is 19.1. The predicted molar refractivity (Wildman–Crippen MR) is 111 cm³/mol. The zero-order valence-electron chi connectivity index (χ0n) is 15.1. The van der Waals surface area contributed by atoms with E-state index in [0.717, 1.165) is 27.9 Å². The predicted octanol–water partition coefficient (Wildman–Crippen LogP) is 4.58. The molecule has 0 radical (unpaired) electrons. The van der Waals surface area contributed by atoms with Crippen LogP contribution in [0, 0.1) is 0 Å². The van der Waals surface area contributed by atoms with Crippen molar-refractivity contribution in [2.75, 3.05) is 23.5 Å². The van der Waals surface area contributed by atoms with Gasteiger partial charge in [0.2, 0.25) is 11.0 Å². The summed E-state index contributed by atoms with van der Waals surface area (Å²) in [5.74, 6) is 1.01. The Morgan fingerprint density at radius 1 is 1.07 bits per heavy atom. The highest BCUT2D eigenvalue weighted by Crippen LogP contribution is 2.28. The van der Waals surface area contributed by atoms with Crippen molar-refractivity contribution in [1.29, 1.82) is 0 Å². The number of carbonyl (C=O) groups is 1. The Labute approximate surface area is 166 Å². The summed E-state index contributed by atoms with van der Waals surface area (Å²) >= 11 is 2.78. The first-order chi connectivity index (χ1) is 13.2. The van der Waals surface area contributed by atoms with Crippen LogP contribution in [0.4, 0.5) is 16.5 Å². The topological polar surface area (TPSA) is 76.1 Å². The van der Waals surface area contributed by atoms with Crippen molar-refractivity contribution in [3.05, 3.63) is 54.1 Å². The number of hydrogen-bond acceptors (Lipinski definition) is 7. The van der Waals surface area contributed by atoms with Gasteiger partial charge >= 0.3 is 0 Å². The highest BCUT2D eigenvalue weighted by Gasteiger charge is 2.09. The second kappa shape index (κ2) is 9.38. The maximum atomic E-state index is 12.1. The molecule has 3 aromatic rings. The van der Waals surface area contributed by atoms with E-state index in [1.54, 1.807) is 7.11 Å². The third-order valence-corrected chi connectivity index (χ3v) is 5.69. The monoisotopic (exact) mass is 400 g/mol. The van der Waals surface area contributed by atoms with Gasteiger partial charge in [0.25, 0.3) is 0 Å². The van der Waals surface area contributed by atoms with Crippen molar-refractivity contribution in [1.82, 2.24) is 10.2 Å². The second-order valence-electron chi connectivity index (χ2n) is 5.61. The summed E-state index contributed by atoms with van der Waals surface area (Å²) in [7, 11) is 1.63. The van der Waals surface area contributed by atoms with Crippen LogP contribution in [0.5, 0.6) is 5.75 Å². The summed E-state index contributed by atoms with van der Waals surface area (Å²) in [6.07, 6.45) is 0.980. The van der Waals surface area contributed by atoms with Crippen LogP contribution in [0.15, 0.2) is 52.9 Å². The van der Waals surface area contributed by atoms with Gasteiger partial charge in [0, 0.05) is 11.4 Å². The molecular weight excluding hydrogens is 380 g/mol. The molecule has 0 fully saturated rings. The Morgan fingerprint density at radius 2 is 1.78 bits per heavy atom. The minimum absolute atomic E-state index is 0.0656. The minimum Gasteiger partial charge on any atom is -0.497 e. The summed E-state index contributed by atoms with van der Waals surface area (Å²) < 4.78 is 5.88. The fraction of sp³-hybridized carbons (Fsp3) is 0.211. The lowest BCUT2D eigenvalue weighted by molar-refractivity contribution is -0.113. The van der Waals surface area contributed by atoms with E-state index < -0.39 is 0 Å². The van der Waals surface area contributed by atoms with Crippen LogP contribution in [0.2, 0.25) is 0 Å². The Morgan fingerprint density at radius 3 is 2.44 bits per heavy atom. The molecule has 0 saturated carbocycles. The molecule has 3 rings (SSSR count). The van der Waals surface area contributed by atoms with Gasteiger partial charge < -0.3 is 15.4 Å². The van der Waals surface area contributed by atoms with Crippen LogP contribution in [-0.2, 0) is 11.2 Å². The van der Waals surface area contributed by atoms with E-state index in [4.69, 9.17) is 4.74 Å². The van der Waals surface area contributed by atoms with Gasteiger partial charge in [-0.05, 0) is 48.4 Å². The molecule has 0 bridgehead atoms. The number of nitrogens with one attached hydrogen (secondary N) is 2. The second-order valence-corrected chi connectivity index (χ2v) is 7.81. The van der Waals surface area contributed by atoms with Crippen LogP contribution in [0.25, 0.3) is 0 Å². The van der Waals surface area contributed by atoms with Crippen molar-refractivity contribution in [2.45, 2.75) is 17.7 Å². The van der Waals surface area contributed by atoms with Crippen molar-refractivity contribution in [3.63, 3.8) is 0 Å². The number of ether oxygens (including phenoxy) is 1. The summed E-state index contributed by atoms with van der Waals surface area (Å²) in [5, 5.41) is 15.0. The third-order valence-electron chi connectivity index (χ3n) is 3.72. The van der Waals surface area contributed by atoms with Gasteiger partial charge in [0.15, 0.2) is 4.34 Å². The standard InChI is InChI=1S/C19H20N4O2S2/c1-3-13-4-6-14(7-5-13)20-17(24)12-26-19-23-22-18(27-19)21-15-8-10-16(25-2)11-9-15/h4-11H,3,12H2,1-2H3,(H,20,24)(H,21,22). The number of nitrogens with zero attached hydrogens (tertiary/aromatic N) is 2. The number of thioether (sulfide) groups is 1. The number of rotatable bonds is 8. The van der Waals surface area contributed by atoms with Gasteiger partial charge in [-0.2, -0.15) is 0 Å². The number of carbonyl (C=O) groups excluding carboxylic acids is 1. The number of aryl methyl sites for hydroxylation is 1. The van der Waals surface area contributed by atoms with E-state index in [-0.39, 0.29) is 11.7 Å². The Bertz CT molecular complexity index is 879. The average Bonchev–Trinajstić information content (AvgIpc) is 3.15. The number of methoxy groups -OCH3 is 1. The van der Waals surface area contributed by atoms with E-state index in [9.17, 15) is 4.79 Å². The van der Waals surface area contributed by atoms with Crippen LogP contribution >= 0.6 is 23.1 Å². The van der Waals surface area contributed by atoms with E-state index in [1.165, 1.54) is 28.7 Å². The fourth-order valence-electron chi connectivity index (χ4n) is 2.26. The quantitative estimate of drug-likeness (QED) is 0.539. The van der Waals surface area contributed by atoms with Crippen LogP contribution in [-0.4, -0.2) is 29.0 Å². The van der Waals surface area contributed by atoms with Gasteiger partial charge in [-0.15, -0.1) is 10.2 Å². The van der Waals surface area contributed by atoms with Crippen molar-refractivity contribution in [2.24, 2.45) is 0 Å². The Balaban J connectivity index is 1.48. The summed E-state index contributed by atoms with van der Waals surface area (Å²) in [5.41, 5.74) is 2.95. The smallest absolute Gasteiger partial charge is 0.234 e. The number of hydrogen-bond donors (Lipinski definition) is 2. The molecule has 6 nitrogen and oxygen atoms in total. The van der Waals surface area contributed by atoms with Gasteiger partial charge in [-0.3, -0.25) is 4.79 Å². The van der Waals surface area contributed by atoms with Gasteiger partial charge in [0.1, 0.15) is 5.75 Å². The number of benzene rings is 2. The molecule has 8 heteroatoms. The highest BCUT2D eigenvalue weighted by atomic mass is 32.2. The molecule has 0 aliphatic heterocycles. The maximum absolute atomic E-state index is 12.1. The van der Waals surface area contributed by atoms with Gasteiger partial charge in [0.05, 0.1) is 12.9 Å². The third kappa shape index (κ3) is 5.70. The Hall–Kier alpha value is -2.58. The normalized spacial score (nSPS) is 10.4. The SMILES string of the molecule is CCc1ccc(NC(=O)CSc2nnc(Nc3ccc(OC)cc3)s2)cc1. The molecule has 2 N–H and O–H groups in total. The fourth-order valence-corrected chi connectivity index (χ4v) is 3.84. The molecule has 27 heavy (non-hydrogen) atoms. The highest BCUT2D eigenvalue weighted by molar-refractivity contribution is 8.01. The molecule has 0 saturated heterocycles. The van der Waals surface area contributed by atoms with E-state index in [0.29, 0.717) is 5.13 Å².